The third-order valence-corrected chi connectivity index (χ3v) is 7.27. The van der Waals surface area contributed by atoms with E-state index in [-0.39, 0.29) is 16.6 Å². The highest BCUT2D eigenvalue weighted by molar-refractivity contribution is 8.01. The molecule has 0 bridgehead atoms. The molecule has 0 radical (unpaired) electrons. The summed E-state index contributed by atoms with van der Waals surface area (Å²) in [6, 6.07) is 6.57. The van der Waals surface area contributed by atoms with Crippen LogP contribution in [-0.2, 0) is 19.4 Å². The number of carboxylic acids is 1. The zero-order chi connectivity index (χ0) is 19.4. The van der Waals surface area contributed by atoms with E-state index in [1.165, 1.54) is 31.9 Å². The maximum absolute atomic E-state index is 12.6. The summed E-state index contributed by atoms with van der Waals surface area (Å²) in [5, 5.41) is 8.64. The number of nitrogens with zero attached hydrogens (tertiary/aromatic N) is 1. The van der Waals surface area contributed by atoms with Gasteiger partial charge in [0.1, 0.15) is 5.54 Å². The number of carboxylic acid groups (broad SMARTS) is 1. The van der Waals surface area contributed by atoms with E-state index in [0.717, 1.165) is 11.8 Å². The molecule has 1 N–H and O–H groups in total. The first-order chi connectivity index (χ1) is 11.4. The van der Waals surface area contributed by atoms with E-state index in [0.29, 0.717) is 11.3 Å². The molecule has 1 amide bonds. The van der Waals surface area contributed by atoms with Crippen LogP contribution in [0.1, 0.15) is 34.1 Å². The van der Waals surface area contributed by atoms with Gasteiger partial charge in [-0.25, -0.2) is 13.2 Å². The fraction of sp³-hybridized carbons (Fsp3) is 0.529. The summed E-state index contributed by atoms with van der Waals surface area (Å²) in [6.07, 6.45) is 0.505. The molecule has 0 saturated carbocycles. The number of benzene rings is 1. The second kappa shape index (κ2) is 8.23. The van der Waals surface area contributed by atoms with Gasteiger partial charge < -0.3 is 10.0 Å². The molecule has 0 aliphatic rings. The van der Waals surface area contributed by atoms with Gasteiger partial charge in [-0.05, 0) is 39.3 Å². The lowest BCUT2D eigenvalue weighted by molar-refractivity contribution is -0.155. The van der Waals surface area contributed by atoms with Gasteiger partial charge in [0.2, 0.25) is 5.91 Å². The molecule has 1 aromatic carbocycles. The molecule has 0 aliphatic heterocycles. The summed E-state index contributed by atoms with van der Waals surface area (Å²) in [4.78, 5) is 25.8. The second-order valence-corrected chi connectivity index (χ2v) is 9.75. The number of carbonyl (C=O) groups excluding carboxylic acids is 1. The van der Waals surface area contributed by atoms with E-state index in [4.69, 9.17) is 0 Å². The lowest BCUT2D eigenvalue weighted by atomic mass is 10.0. The highest BCUT2D eigenvalue weighted by Gasteiger charge is 2.37. The number of thioether (sulfide) groups is 1. The van der Waals surface area contributed by atoms with Crippen LogP contribution in [0.4, 0.5) is 0 Å². The van der Waals surface area contributed by atoms with Crippen molar-refractivity contribution in [3.8, 4) is 0 Å². The number of carbonyl (C=O) groups is 2. The van der Waals surface area contributed by atoms with E-state index >= 15 is 0 Å². The van der Waals surface area contributed by atoms with Crippen molar-refractivity contribution in [2.45, 2.75) is 54.7 Å². The Balaban J connectivity index is 3.08. The van der Waals surface area contributed by atoms with Gasteiger partial charge in [-0.2, -0.15) is 0 Å². The monoisotopic (exact) mass is 387 g/mol. The molecule has 1 atom stereocenters. The van der Waals surface area contributed by atoms with E-state index in [9.17, 15) is 23.1 Å². The van der Waals surface area contributed by atoms with Crippen molar-refractivity contribution in [2.75, 3.05) is 12.8 Å². The molecule has 1 aromatic rings. The first kappa shape index (κ1) is 21.5. The first-order valence-electron chi connectivity index (χ1n) is 7.94. The number of hydrogen-bond acceptors (Lipinski definition) is 5. The normalized spacial score (nSPS) is 13.3. The average Bonchev–Trinajstić information content (AvgIpc) is 2.53. The zero-order valence-corrected chi connectivity index (χ0v) is 16.8. The van der Waals surface area contributed by atoms with Gasteiger partial charge in [0, 0.05) is 11.9 Å². The van der Waals surface area contributed by atoms with Crippen LogP contribution in [0.25, 0.3) is 0 Å². The average molecular weight is 388 g/mol. The predicted molar refractivity (Wildman–Crippen MR) is 98.6 cm³/mol. The number of likely N-dealkylation sites (N-methyl/N-ethyl adjacent to an activating group) is 1. The third-order valence-electron chi connectivity index (χ3n) is 4.00. The Kier molecular flexibility index (Phi) is 7.08. The molecule has 1 rings (SSSR count). The minimum absolute atomic E-state index is 0.0405. The number of aliphatic carboxylic acids is 1. The SMILES string of the molecule is CCCS(=O)(=O)c1ccccc1SC(C)C(=O)N(C)C(C)(C)C(=O)O. The minimum Gasteiger partial charge on any atom is -0.480 e. The van der Waals surface area contributed by atoms with Crippen LogP contribution in [0.3, 0.4) is 0 Å². The number of sulfone groups is 1. The van der Waals surface area contributed by atoms with Crippen LogP contribution in [-0.4, -0.2) is 53.9 Å². The van der Waals surface area contributed by atoms with Crippen molar-refractivity contribution in [2.24, 2.45) is 0 Å². The summed E-state index contributed by atoms with van der Waals surface area (Å²) in [6.45, 7) is 6.33. The molecule has 140 valence electrons. The summed E-state index contributed by atoms with van der Waals surface area (Å²) in [5.41, 5.74) is -1.35. The van der Waals surface area contributed by atoms with E-state index < -0.39 is 26.6 Å². The summed E-state index contributed by atoms with van der Waals surface area (Å²) < 4.78 is 24.8. The fourth-order valence-corrected chi connectivity index (χ4v) is 5.04. The van der Waals surface area contributed by atoms with Crippen molar-refractivity contribution in [3.63, 3.8) is 0 Å². The van der Waals surface area contributed by atoms with Crippen molar-refractivity contribution in [3.05, 3.63) is 24.3 Å². The molecule has 0 saturated heterocycles. The van der Waals surface area contributed by atoms with Crippen LogP contribution >= 0.6 is 11.8 Å². The molecule has 0 fully saturated rings. The van der Waals surface area contributed by atoms with Gasteiger partial charge in [0.05, 0.1) is 15.9 Å². The Bertz CT molecular complexity index is 743. The van der Waals surface area contributed by atoms with Gasteiger partial charge in [0.25, 0.3) is 0 Å². The predicted octanol–water partition coefficient (Wildman–Crippen LogP) is 2.67. The molecule has 0 aliphatic carbocycles. The van der Waals surface area contributed by atoms with Gasteiger partial charge in [0.15, 0.2) is 9.84 Å². The van der Waals surface area contributed by atoms with Crippen LogP contribution in [0.5, 0.6) is 0 Å². The largest absolute Gasteiger partial charge is 0.480 e. The van der Waals surface area contributed by atoms with Crippen LogP contribution < -0.4 is 0 Å². The summed E-state index contributed by atoms with van der Waals surface area (Å²) in [5.74, 6) is -1.44. The Labute approximate surface area is 153 Å². The van der Waals surface area contributed by atoms with Gasteiger partial charge in [-0.1, -0.05) is 19.1 Å². The molecular formula is C17H25NO5S2. The second-order valence-electron chi connectivity index (χ2n) is 6.29. The number of hydrogen-bond donors (Lipinski definition) is 1. The van der Waals surface area contributed by atoms with E-state index in [1.54, 1.807) is 32.0 Å². The van der Waals surface area contributed by atoms with E-state index in [2.05, 4.69) is 0 Å². The highest BCUT2D eigenvalue weighted by Crippen LogP contribution is 2.32. The topological polar surface area (TPSA) is 91.8 Å². The Morgan fingerprint density at radius 3 is 2.36 bits per heavy atom. The van der Waals surface area contributed by atoms with Gasteiger partial charge in [-0.3, -0.25) is 4.79 Å². The van der Waals surface area contributed by atoms with Crippen LogP contribution in [0.15, 0.2) is 34.1 Å². The molecule has 0 spiro atoms. The maximum atomic E-state index is 12.6. The molecule has 8 heteroatoms. The highest BCUT2D eigenvalue weighted by atomic mass is 32.2. The molecule has 1 unspecified atom stereocenters. The Hall–Kier alpha value is -1.54. The summed E-state index contributed by atoms with van der Waals surface area (Å²) in [7, 11) is -1.98. The smallest absolute Gasteiger partial charge is 0.329 e. The number of rotatable bonds is 8. The van der Waals surface area contributed by atoms with Gasteiger partial charge in [-0.15, -0.1) is 11.8 Å². The molecule has 25 heavy (non-hydrogen) atoms. The molecule has 6 nitrogen and oxygen atoms in total. The lowest BCUT2D eigenvalue weighted by Gasteiger charge is -2.33. The Morgan fingerprint density at radius 1 is 1.28 bits per heavy atom. The zero-order valence-electron chi connectivity index (χ0n) is 15.1. The van der Waals surface area contributed by atoms with Crippen molar-refractivity contribution >= 4 is 33.5 Å². The molecule has 0 aromatic heterocycles. The van der Waals surface area contributed by atoms with Crippen LogP contribution in [0, 0.1) is 0 Å². The minimum atomic E-state index is -3.41. The number of amides is 1. The molecular weight excluding hydrogens is 362 g/mol. The maximum Gasteiger partial charge on any atom is 0.329 e. The fourth-order valence-electron chi connectivity index (χ4n) is 2.12. The van der Waals surface area contributed by atoms with Gasteiger partial charge >= 0.3 is 5.97 Å². The Morgan fingerprint density at radius 2 is 1.84 bits per heavy atom. The van der Waals surface area contributed by atoms with Crippen molar-refractivity contribution < 1.29 is 23.1 Å². The molecule has 0 heterocycles. The van der Waals surface area contributed by atoms with Crippen molar-refractivity contribution in [1.29, 1.82) is 0 Å². The van der Waals surface area contributed by atoms with Crippen LogP contribution in [0.2, 0.25) is 0 Å². The lowest BCUT2D eigenvalue weighted by Crippen LogP contribution is -2.52. The summed E-state index contributed by atoms with van der Waals surface area (Å²) >= 11 is 1.12. The van der Waals surface area contributed by atoms with E-state index in [1.807, 2.05) is 0 Å². The van der Waals surface area contributed by atoms with Crippen molar-refractivity contribution in [1.82, 2.24) is 4.90 Å². The quantitative estimate of drug-likeness (QED) is 0.690. The first-order valence-corrected chi connectivity index (χ1v) is 10.5. The standard InChI is InChI=1S/C17H25NO5S2/c1-6-11-25(22,23)14-10-8-7-9-13(14)24-12(2)15(19)18(5)17(3,4)16(20)21/h7-10,12H,6,11H2,1-5H3,(H,20,21). The third kappa shape index (κ3) is 4.98.